The maximum absolute atomic E-state index is 14.6. The quantitative estimate of drug-likeness (QED) is 0.210. The van der Waals surface area contributed by atoms with E-state index in [9.17, 15) is 9.18 Å². The first kappa shape index (κ1) is 32.0. The number of benzene rings is 2. The number of hydrogen-bond donors (Lipinski definition) is 0. The Morgan fingerprint density at radius 1 is 1.24 bits per heavy atom. The van der Waals surface area contributed by atoms with Gasteiger partial charge in [0.05, 0.1) is 23.9 Å². The van der Waals surface area contributed by atoms with Gasteiger partial charge in [0.25, 0.3) is 0 Å². The van der Waals surface area contributed by atoms with Crippen molar-refractivity contribution in [1.29, 1.82) is 0 Å². The van der Waals surface area contributed by atoms with Crippen molar-refractivity contribution in [2.24, 2.45) is 5.41 Å². The number of amides is 1. The summed E-state index contributed by atoms with van der Waals surface area (Å²) in [5.74, 6) is 0.190. The maximum atomic E-state index is 14.6. The zero-order valence-corrected chi connectivity index (χ0v) is 27.6. The number of rotatable bonds is 10. The molecule has 242 valence electrons. The molecule has 1 aliphatic carbocycles. The molecular weight excluding hydrogens is 605 g/mol. The molecular formula is C35H41ClFN7O2. The Bertz CT molecular complexity index is 1690. The van der Waals surface area contributed by atoms with Crippen LogP contribution in [0.3, 0.4) is 0 Å². The van der Waals surface area contributed by atoms with Crippen molar-refractivity contribution in [2.45, 2.75) is 51.7 Å². The third-order valence-electron chi connectivity index (χ3n) is 9.75. The highest BCUT2D eigenvalue weighted by Gasteiger charge is 2.45. The lowest BCUT2D eigenvalue weighted by Gasteiger charge is -2.41. The molecule has 6 rings (SSSR count). The van der Waals surface area contributed by atoms with Crippen molar-refractivity contribution in [1.82, 2.24) is 19.8 Å². The van der Waals surface area contributed by atoms with Crippen LogP contribution < -0.4 is 14.5 Å². The fraction of sp³-hybridized carbons (Fsp3) is 0.486. The van der Waals surface area contributed by atoms with Gasteiger partial charge in [-0.05, 0) is 63.8 Å². The van der Waals surface area contributed by atoms with Gasteiger partial charge >= 0.3 is 6.01 Å². The second kappa shape index (κ2) is 13.0. The van der Waals surface area contributed by atoms with Crippen LogP contribution in [-0.4, -0.2) is 90.7 Å². The third kappa shape index (κ3) is 6.36. The Hall–Kier alpha value is -3.94. The van der Waals surface area contributed by atoms with Crippen molar-refractivity contribution in [3.8, 4) is 6.01 Å². The molecule has 3 heterocycles. The molecule has 0 spiro atoms. The molecule has 46 heavy (non-hydrogen) atoms. The molecule has 1 saturated carbocycles. The van der Waals surface area contributed by atoms with Crippen LogP contribution in [0.5, 0.6) is 6.01 Å². The summed E-state index contributed by atoms with van der Waals surface area (Å²) in [7, 11) is 2.15. The zero-order valence-electron chi connectivity index (χ0n) is 26.8. The molecule has 0 unspecified atom stereocenters. The summed E-state index contributed by atoms with van der Waals surface area (Å²) in [5, 5.41) is 1.68. The molecule has 0 N–H and O–H groups in total. The Morgan fingerprint density at radius 2 is 2.04 bits per heavy atom. The van der Waals surface area contributed by atoms with Crippen LogP contribution in [-0.2, 0) is 17.8 Å². The fourth-order valence-corrected chi connectivity index (χ4v) is 6.91. The molecule has 0 bridgehead atoms. The monoisotopic (exact) mass is 645 g/mol. The van der Waals surface area contributed by atoms with Crippen LogP contribution in [0.15, 0.2) is 43.0 Å². The van der Waals surface area contributed by atoms with E-state index in [1.54, 1.807) is 11.0 Å². The average Bonchev–Trinajstić information content (AvgIpc) is 3.83. The van der Waals surface area contributed by atoms with E-state index >= 15 is 0 Å². The number of piperazine rings is 1. The minimum atomic E-state index is -0.445. The summed E-state index contributed by atoms with van der Waals surface area (Å²) in [6.07, 6.45) is 4.18. The molecule has 3 aliphatic rings. The van der Waals surface area contributed by atoms with Crippen molar-refractivity contribution in [2.75, 3.05) is 62.7 Å². The number of aromatic nitrogens is 2. The zero-order chi connectivity index (χ0) is 32.6. The number of ether oxygens (including phenoxy) is 1. The van der Waals surface area contributed by atoms with E-state index in [0.29, 0.717) is 63.2 Å². The van der Waals surface area contributed by atoms with Gasteiger partial charge in [0.15, 0.2) is 0 Å². The number of carbonyl (C=O) groups is 1. The first-order valence-electron chi connectivity index (χ1n) is 16.0. The first-order valence-corrected chi connectivity index (χ1v) is 16.4. The van der Waals surface area contributed by atoms with Crippen LogP contribution in [0, 0.1) is 17.8 Å². The molecule has 2 fully saturated rings. The highest BCUT2D eigenvalue weighted by Crippen LogP contribution is 2.47. The summed E-state index contributed by atoms with van der Waals surface area (Å²) in [6, 6.07) is 9.54. The first-order chi connectivity index (χ1) is 22.1. The molecule has 3 aromatic rings. The number of anilines is 2. The third-order valence-corrected chi connectivity index (χ3v) is 10.1. The van der Waals surface area contributed by atoms with E-state index in [1.807, 2.05) is 18.2 Å². The fourth-order valence-electron chi connectivity index (χ4n) is 6.65. The molecule has 1 amide bonds. The van der Waals surface area contributed by atoms with E-state index in [4.69, 9.17) is 32.9 Å². The highest BCUT2D eigenvalue weighted by atomic mass is 35.5. The van der Waals surface area contributed by atoms with Gasteiger partial charge in [0.2, 0.25) is 12.5 Å². The lowest BCUT2D eigenvalue weighted by Crippen LogP contribution is -2.56. The number of nitrogens with zero attached hydrogens (tertiary/aromatic N) is 7. The van der Waals surface area contributed by atoms with Gasteiger partial charge in [-0.3, -0.25) is 4.79 Å². The van der Waals surface area contributed by atoms with Gasteiger partial charge in [-0.2, -0.15) is 9.97 Å². The van der Waals surface area contributed by atoms with Crippen molar-refractivity contribution >= 4 is 39.8 Å². The van der Waals surface area contributed by atoms with Crippen LogP contribution in [0.1, 0.15) is 37.9 Å². The minimum absolute atomic E-state index is 0.0889. The van der Waals surface area contributed by atoms with E-state index in [2.05, 4.69) is 47.0 Å². The van der Waals surface area contributed by atoms with E-state index in [-0.39, 0.29) is 28.9 Å². The molecule has 2 aliphatic heterocycles. The number of halogens is 2. The molecule has 11 heteroatoms. The predicted octanol–water partition coefficient (Wildman–Crippen LogP) is 5.61. The van der Waals surface area contributed by atoms with Gasteiger partial charge in [0.1, 0.15) is 17.7 Å². The van der Waals surface area contributed by atoms with Crippen molar-refractivity contribution < 1.29 is 13.9 Å². The molecule has 1 saturated heterocycles. The van der Waals surface area contributed by atoms with E-state index in [1.165, 1.54) is 12.1 Å². The summed E-state index contributed by atoms with van der Waals surface area (Å²) in [6.45, 7) is 19.9. The maximum Gasteiger partial charge on any atom is 0.318 e. The summed E-state index contributed by atoms with van der Waals surface area (Å²) >= 11 is 6.52. The minimum Gasteiger partial charge on any atom is -0.463 e. The lowest BCUT2D eigenvalue weighted by atomic mass is 10.0. The van der Waals surface area contributed by atoms with E-state index in [0.717, 1.165) is 47.5 Å². The van der Waals surface area contributed by atoms with Crippen LogP contribution in [0.2, 0.25) is 5.02 Å². The number of fused-ring (bicyclic) bond motifs is 2. The molecule has 2 aromatic carbocycles. The topological polar surface area (TPSA) is 69.4 Å². The number of hydrogen-bond acceptors (Lipinski definition) is 7. The lowest BCUT2D eigenvalue weighted by molar-refractivity contribution is -0.128. The molecule has 1 atom stereocenters. The predicted molar refractivity (Wildman–Crippen MR) is 180 cm³/mol. The van der Waals surface area contributed by atoms with Gasteiger partial charge in [-0.1, -0.05) is 36.4 Å². The van der Waals surface area contributed by atoms with Crippen molar-refractivity contribution in [3.05, 3.63) is 76.5 Å². The number of carbonyl (C=O) groups excluding carboxylic acids is 1. The van der Waals surface area contributed by atoms with E-state index < -0.39 is 5.82 Å². The SMILES string of the molecule is [C-]#[N+]C[C@H]1CN(c2nc(OCC3(CN(C)C(C)C)CC3)nc3c2CCN(c2cccc4ccc(F)c(Cl)c24)C3)CCN1C(=O)C=C. The smallest absolute Gasteiger partial charge is 0.318 e. The largest absolute Gasteiger partial charge is 0.463 e. The summed E-state index contributed by atoms with van der Waals surface area (Å²) in [5.41, 5.74) is 2.83. The highest BCUT2D eigenvalue weighted by molar-refractivity contribution is 6.36. The van der Waals surface area contributed by atoms with Crippen LogP contribution in [0.25, 0.3) is 15.6 Å². The standard InChI is InChI=1S/C35H41ClFN7O2/c1-6-30(45)44-17-16-43(19-25(44)18-38-4)33-26-12-15-42(29-9-7-8-24-10-11-27(37)32(36)31(24)29)20-28(26)39-34(40-33)46-22-35(13-14-35)21-41(5)23(2)3/h6-11,23,25H,1,12-22H2,2-3,5H3/t25-/m0/s1. The Labute approximate surface area is 275 Å². The average molecular weight is 646 g/mol. The Balaban J connectivity index is 1.34. The second-order valence-corrected chi connectivity index (χ2v) is 13.5. The normalized spacial score (nSPS) is 18.9. The van der Waals surface area contributed by atoms with Crippen LogP contribution in [0.4, 0.5) is 15.9 Å². The second-order valence-electron chi connectivity index (χ2n) is 13.1. The van der Waals surface area contributed by atoms with Gasteiger partial charge < -0.3 is 29.2 Å². The Morgan fingerprint density at radius 3 is 2.76 bits per heavy atom. The molecule has 9 nitrogen and oxygen atoms in total. The summed E-state index contributed by atoms with van der Waals surface area (Å²) < 4.78 is 21.0. The summed E-state index contributed by atoms with van der Waals surface area (Å²) in [4.78, 5) is 34.7. The van der Waals surface area contributed by atoms with Gasteiger partial charge in [-0.25, -0.2) is 11.0 Å². The van der Waals surface area contributed by atoms with Gasteiger partial charge in [0, 0.05) is 60.8 Å². The van der Waals surface area contributed by atoms with Crippen LogP contribution >= 0.6 is 11.6 Å². The Kier molecular flexibility index (Phi) is 9.08. The molecule has 0 radical (unpaired) electrons. The van der Waals surface area contributed by atoms with Gasteiger partial charge in [-0.15, -0.1) is 0 Å². The van der Waals surface area contributed by atoms with Crippen molar-refractivity contribution in [3.63, 3.8) is 0 Å². The molecule has 1 aromatic heterocycles.